The lowest BCUT2D eigenvalue weighted by atomic mass is 10.2. The van der Waals surface area contributed by atoms with Gasteiger partial charge in [-0.1, -0.05) is 30.3 Å². The Kier molecular flexibility index (Phi) is 5.37. The molecule has 0 spiro atoms. The Bertz CT molecular complexity index is 880. The molecule has 1 aromatic heterocycles. The molecule has 140 valence electrons. The van der Waals surface area contributed by atoms with E-state index in [-0.39, 0.29) is 5.91 Å². The fourth-order valence-electron chi connectivity index (χ4n) is 3.59. The number of fused-ring (bicyclic) bond motifs is 1. The third kappa shape index (κ3) is 4.48. The smallest absolute Gasteiger partial charge is 0.220 e. The first-order chi connectivity index (χ1) is 13.3. The number of carbonyl (C=O) groups excluding carboxylic acids is 1. The molecule has 1 aliphatic rings. The molecule has 0 bridgehead atoms. The minimum atomic E-state index is 0.0196. The standard InChI is InChI=1S/C22H25N3O2/c26-22(14-13-21-24-18-10-4-5-11-19(18)25-21)23-15-16-7-1-6-12-20(16)27-17-8-2-3-9-17/h1,4-7,10-12,17H,2-3,8-9,13-15H2,(H,23,26)(H,24,25). The number of H-pyrrole nitrogens is 1. The molecule has 0 aliphatic heterocycles. The molecule has 4 rings (SSSR count). The molecule has 27 heavy (non-hydrogen) atoms. The van der Waals surface area contributed by atoms with E-state index in [0.717, 1.165) is 41.0 Å². The topological polar surface area (TPSA) is 67.0 Å². The summed E-state index contributed by atoms with van der Waals surface area (Å²) in [4.78, 5) is 20.0. The average molecular weight is 363 g/mol. The number of amides is 1. The summed E-state index contributed by atoms with van der Waals surface area (Å²) in [7, 11) is 0. The highest BCUT2D eigenvalue weighted by atomic mass is 16.5. The number of imidazole rings is 1. The monoisotopic (exact) mass is 363 g/mol. The van der Waals surface area contributed by atoms with Crippen LogP contribution < -0.4 is 10.1 Å². The number of aryl methyl sites for hydroxylation is 1. The fraction of sp³-hybridized carbons (Fsp3) is 0.364. The number of aromatic nitrogens is 2. The van der Waals surface area contributed by atoms with Gasteiger partial charge in [0.15, 0.2) is 0 Å². The summed E-state index contributed by atoms with van der Waals surface area (Å²) >= 11 is 0. The van der Waals surface area contributed by atoms with E-state index in [0.29, 0.717) is 25.5 Å². The Balaban J connectivity index is 1.30. The third-order valence-corrected chi connectivity index (χ3v) is 5.07. The molecule has 0 radical (unpaired) electrons. The van der Waals surface area contributed by atoms with E-state index >= 15 is 0 Å². The van der Waals surface area contributed by atoms with Gasteiger partial charge < -0.3 is 15.0 Å². The normalized spacial score (nSPS) is 14.5. The van der Waals surface area contributed by atoms with Crippen molar-refractivity contribution >= 4 is 16.9 Å². The predicted molar refractivity (Wildman–Crippen MR) is 106 cm³/mol. The molecular weight excluding hydrogens is 338 g/mol. The number of carbonyl (C=O) groups is 1. The summed E-state index contributed by atoms with van der Waals surface area (Å²) in [6.45, 7) is 0.488. The summed E-state index contributed by atoms with van der Waals surface area (Å²) < 4.78 is 6.14. The molecule has 5 nitrogen and oxygen atoms in total. The maximum absolute atomic E-state index is 12.3. The van der Waals surface area contributed by atoms with Crippen molar-refractivity contribution in [1.82, 2.24) is 15.3 Å². The molecule has 1 heterocycles. The van der Waals surface area contributed by atoms with Gasteiger partial charge in [0, 0.05) is 24.9 Å². The number of benzene rings is 2. The van der Waals surface area contributed by atoms with Crippen molar-refractivity contribution in [3.05, 3.63) is 59.9 Å². The fourth-order valence-corrected chi connectivity index (χ4v) is 3.59. The third-order valence-electron chi connectivity index (χ3n) is 5.07. The molecule has 1 aliphatic carbocycles. The van der Waals surface area contributed by atoms with E-state index in [1.54, 1.807) is 0 Å². The van der Waals surface area contributed by atoms with E-state index in [1.807, 2.05) is 48.5 Å². The van der Waals surface area contributed by atoms with Crippen LogP contribution in [0.15, 0.2) is 48.5 Å². The van der Waals surface area contributed by atoms with Crippen molar-refractivity contribution in [1.29, 1.82) is 0 Å². The number of para-hydroxylation sites is 3. The molecule has 1 saturated carbocycles. The minimum absolute atomic E-state index is 0.0196. The van der Waals surface area contributed by atoms with E-state index in [4.69, 9.17) is 4.74 Å². The summed E-state index contributed by atoms with van der Waals surface area (Å²) in [5.74, 6) is 1.75. The zero-order valence-electron chi connectivity index (χ0n) is 15.4. The van der Waals surface area contributed by atoms with Crippen LogP contribution in [0.2, 0.25) is 0 Å². The second kappa shape index (κ2) is 8.25. The van der Waals surface area contributed by atoms with Gasteiger partial charge in [-0.3, -0.25) is 4.79 Å². The van der Waals surface area contributed by atoms with Gasteiger partial charge in [-0.25, -0.2) is 4.98 Å². The highest BCUT2D eigenvalue weighted by Gasteiger charge is 2.18. The molecule has 0 atom stereocenters. The maximum atomic E-state index is 12.3. The van der Waals surface area contributed by atoms with Gasteiger partial charge >= 0.3 is 0 Å². The molecule has 1 amide bonds. The highest BCUT2D eigenvalue weighted by molar-refractivity contribution is 5.77. The van der Waals surface area contributed by atoms with Crippen LogP contribution >= 0.6 is 0 Å². The van der Waals surface area contributed by atoms with Crippen LogP contribution in [-0.2, 0) is 17.8 Å². The Labute approximate surface area is 159 Å². The number of hydrogen-bond donors (Lipinski definition) is 2. The molecule has 5 heteroatoms. The van der Waals surface area contributed by atoms with Crippen molar-refractivity contribution < 1.29 is 9.53 Å². The molecule has 1 fully saturated rings. The SMILES string of the molecule is O=C(CCc1nc2ccccc2[nH]1)NCc1ccccc1OC1CCCC1. The van der Waals surface area contributed by atoms with Crippen LogP contribution in [-0.4, -0.2) is 22.0 Å². The van der Waals surface area contributed by atoms with E-state index in [2.05, 4.69) is 15.3 Å². The van der Waals surface area contributed by atoms with E-state index in [1.165, 1.54) is 12.8 Å². The summed E-state index contributed by atoms with van der Waals surface area (Å²) in [6, 6.07) is 15.9. The van der Waals surface area contributed by atoms with Gasteiger partial charge in [-0.15, -0.1) is 0 Å². The van der Waals surface area contributed by atoms with Crippen LogP contribution in [0.1, 0.15) is 43.5 Å². The molecule has 0 unspecified atom stereocenters. The van der Waals surface area contributed by atoms with Crippen LogP contribution in [0.5, 0.6) is 5.75 Å². The first-order valence-corrected chi connectivity index (χ1v) is 9.73. The van der Waals surface area contributed by atoms with Crippen LogP contribution in [0, 0.1) is 0 Å². The van der Waals surface area contributed by atoms with Crippen LogP contribution in [0.4, 0.5) is 0 Å². The lowest BCUT2D eigenvalue weighted by Gasteiger charge is -2.16. The van der Waals surface area contributed by atoms with Crippen molar-refractivity contribution in [2.24, 2.45) is 0 Å². The Hall–Kier alpha value is -2.82. The number of nitrogens with one attached hydrogen (secondary N) is 2. The highest BCUT2D eigenvalue weighted by Crippen LogP contribution is 2.26. The molecule has 3 aromatic rings. The van der Waals surface area contributed by atoms with Gasteiger partial charge in [0.05, 0.1) is 17.1 Å². The molecule has 2 N–H and O–H groups in total. The zero-order chi connectivity index (χ0) is 18.5. The average Bonchev–Trinajstić information content (AvgIpc) is 3.34. The van der Waals surface area contributed by atoms with Gasteiger partial charge in [0.25, 0.3) is 0 Å². The summed E-state index contributed by atoms with van der Waals surface area (Å²) in [6.07, 6.45) is 6.05. The number of rotatable bonds is 7. The second-order valence-corrected chi connectivity index (χ2v) is 7.11. The van der Waals surface area contributed by atoms with Crippen molar-refractivity contribution in [2.45, 2.75) is 51.2 Å². The lowest BCUT2D eigenvalue weighted by molar-refractivity contribution is -0.121. The van der Waals surface area contributed by atoms with Crippen LogP contribution in [0.25, 0.3) is 11.0 Å². The van der Waals surface area contributed by atoms with Gasteiger partial charge in [0.1, 0.15) is 11.6 Å². The minimum Gasteiger partial charge on any atom is -0.490 e. The molecule has 0 saturated heterocycles. The second-order valence-electron chi connectivity index (χ2n) is 7.11. The zero-order valence-corrected chi connectivity index (χ0v) is 15.4. The Morgan fingerprint density at radius 3 is 2.74 bits per heavy atom. The van der Waals surface area contributed by atoms with Crippen molar-refractivity contribution in [3.63, 3.8) is 0 Å². The summed E-state index contributed by atoms with van der Waals surface area (Å²) in [5, 5.41) is 3.01. The predicted octanol–water partition coefficient (Wildman–Crippen LogP) is 4.13. The number of hydrogen-bond acceptors (Lipinski definition) is 3. The van der Waals surface area contributed by atoms with Gasteiger partial charge in [-0.2, -0.15) is 0 Å². The lowest BCUT2D eigenvalue weighted by Crippen LogP contribution is -2.24. The van der Waals surface area contributed by atoms with Gasteiger partial charge in [-0.05, 0) is 43.9 Å². The maximum Gasteiger partial charge on any atom is 0.220 e. The quantitative estimate of drug-likeness (QED) is 0.663. The first-order valence-electron chi connectivity index (χ1n) is 9.73. The van der Waals surface area contributed by atoms with E-state index in [9.17, 15) is 4.79 Å². The van der Waals surface area contributed by atoms with Crippen molar-refractivity contribution in [2.75, 3.05) is 0 Å². The molecule has 2 aromatic carbocycles. The largest absolute Gasteiger partial charge is 0.490 e. The summed E-state index contributed by atoms with van der Waals surface area (Å²) in [5.41, 5.74) is 2.97. The Morgan fingerprint density at radius 1 is 1.11 bits per heavy atom. The Morgan fingerprint density at radius 2 is 1.89 bits per heavy atom. The molecular formula is C22H25N3O2. The first kappa shape index (κ1) is 17.6. The van der Waals surface area contributed by atoms with Crippen LogP contribution in [0.3, 0.4) is 0 Å². The van der Waals surface area contributed by atoms with Crippen molar-refractivity contribution in [3.8, 4) is 5.75 Å². The van der Waals surface area contributed by atoms with Gasteiger partial charge in [0.2, 0.25) is 5.91 Å². The number of aromatic amines is 1. The number of ether oxygens (including phenoxy) is 1. The number of nitrogens with zero attached hydrogens (tertiary/aromatic N) is 1. The van der Waals surface area contributed by atoms with E-state index < -0.39 is 0 Å².